The predicted octanol–water partition coefficient (Wildman–Crippen LogP) is -0.655. The van der Waals surface area contributed by atoms with E-state index >= 15 is 0 Å². The van der Waals surface area contributed by atoms with Crippen molar-refractivity contribution in [2.75, 3.05) is 52.7 Å². The number of carboxylic acid groups (broad SMARTS) is 2. The third-order valence-electron chi connectivity index (χ3n) is 9.77. The van der Waals surface area contributed by atoms with Gasteiger partial charge in [0.1, 0.15) is 25.2 Å². The second kappa shape index (κ2) is 22.6. The monoisotopic (exact) mass is 852 g/mol. The van der Waals surface area contributed by atoms with Gasteiger partial charge in [0.15, 0.2) is 22.8 Å². The first-order chi connectivity index (χ1) is 29.1. The SMILES string of the molecule is NC(N)=NCCC[C@H](NC(=O)CCC(=O)OC[N+]1(c2cc(=O)c3cccc(-c4ccccc4)c3o2)CCOCC1)C(=O)NCC(=O)C[C@@H](CC(=O)O)C(=O)N[C@@H](CO)C(=O)O. The molecule has 0 radical (unpaired) electrons. The van der Waals surface area contributed by atoms with Crippen LogP contribution in [0.5, 0.6) is 0 Å². The highest BCUT2D eigenvalue weighted by Crippen LogP contribution is 2.33. The molecule has 3 atom stereocenters. The average molecular weight is 853 g/mol. The van der Waals surface area contributed by atoms with Crippen molar-refractivity contribution >= 4 is 64.2 Å². The first-order valence-electron chi connectivity index (χ1n) is 19.3. The number of aliphatic carboxylic acids is 2. The van der Waals surface area contributed by atoms with Gasteiger partial charge < -0.3 is 56.6 Å². The lowest BCUT2D eigenvalue weighted by Gasteiger charge is -2.37. The number of hydrogen-bond acceptors (Lipinski definition) is 13. The quantitative estimate of drug-likeness (QED) is 0.0193. The molecule has 0 bridgehead atoms. The van der Waals surface area contributed by atoms with E-state index in [-0.39, 0.29) is 61.1 Å². The number of carbonyl (C=O) groups is 7. The molecule has 1 aromatic heterocycles. The van der Waals surface area contributed by atoms with Crippen LogP contribution in [0.15, 0.2) is 68.8 Å². The number of benzene rings is 2. The molecule has 21 nitrogen and oxygen atoms in total. The van der Waals surface area contributed by atoms with Crippen LogP contribution in [0.25, 0.3) is 22.1 Å². The molecular weight excluding hydrogens is 802 g/mol. The Hall–Kier alpha value is -6.71. The van der Waals surface area contributed by atoms with E-state index in [2.05, 4.69) is 15.6 Å². The fourth-order valence-corrected chi connectivity index (χ4v) is 6.47. The molecule has 3 aromatic rings. The number of amides is 3. The zero-order valence-electron chi connectivity index (χ0n) is 33.2. The van der Waals surface area contributed by atoms with Crippen molar-refractivity contribution < 1.29 is 62.8 Å². The predicted molar refractivity (Wildman–Crippen MR) is 217 cm³/mol. The van der Waals surface area contributed by atoms with E-state index in [9.17, 15) is 48.6 Å². The number of morpholine rings is 1. The summed E-state index contributed by atoms with van der Waals surface area (Å²) in [7, 11) is 0. The van der Waals surface area contributed by atoms with Crippen LogP contribution in [0.4, 0.5) is 5.88 Å². The number of nitrogens with zero attached hydrogens (tertiary/aromatic N) is 2. The molecule has 3 amide bonds. The maximum absolute atomic E-state index is 13.4. The van der Waals surface area contributed by atoms with Crippen LogP contribution in [-0.4, -0.2) is 128 Å². The van der Waals surface area contributed by atoms with E-state index in [1.807, 2.05) is 41.7 Å². The molecule has 2 aromatic carbocycles. The van der Waals surface area contributed by atoms with E-state index in [4.69, 9.17) is 30.5 Å². The summed E-state index contributed by atoms with van der Waals surface area (Å²) in [5.41, 5.74) is 12.4. The molecule has 1 fully saturated rings. The summed E-state index contributed by atoms with van der Waals surface area (Å²) in [6.07, 6.45) is -2.16. The number of para-hydroxylation sites is 1. The number of ether oxygens (including phenoxy) is 2. The molecule has 21 heteroatoms. The molecule has 10 N–H and O–H groups in total. The number of guanidine groups is 1. The van der Waals surface area contributed by atoms with Crippen LogP contribution in [0, 0.1) is 5.92 Å². The van der Waals surface area contributed by atoms with E-state index in [1.165, 1.54) is 6.07 Å². The number of fused-ring (bicyclic) bond motifs is 1. The molecule has 1 aliphatic heterocycles. The zero-order valence-corrected chi connectivity index (χ0v) is 33.2. The number of ketones is 1. The van der Waals surface area contributed by atoms with Crippen LogP contribution >= 0.6 is 0 Å². The van der Waals surface area contributed by atoms with Crippen LogP contribution in [0.1, 0.15) is 38.5 Å². The number of rotatable bonds is 23. The Labute approximate surface area is 348 Å². The van der Waals surface area contributed by atoms with E-state index in [1.54, 1.807) is 12.1 Å². The number of aliphatic hydroxyl groups is 1. The molecule has 328 valence electrons. The molecular formula is C40H50N7O14+. The fourth-order valence-electron chi connectivity index (χ4n) is 6.47. The molecule has 0 aliphatic carbocycles. The smallest absolute Gasteiger partial charge is 0.328 e. The highest BCUT2D eigenvalue weighted by molar-refractivity contribution is 5.95. The van der Waals surface area contributed by atoms with E-state index in [0.717, 1.165) is 5.56 Å². The lowest BCUT2D eigenvalue weighted by molar-refractivity contribution is -0.151. The number of carbonyl (C=O) groups excluding carboxylic acids is 5. The summed E-state index contributed by atoms with van der Waals surface area (Å²) in [6.45, 7) is -0.609. The highest BCUT2D eigenvalue weighted by atomic mass is 16.6. The van der Waals surface area contributed by atoms with E-state index < -0.39 is 98.2 Å². The van der Waals surface area contributed by atoms with Crippen LogP contribution in [0.3, 0.4) is 0 Å². The van der Waals surface area contributed by atoms with Crippen molar-refractivity contribution in [1.29, 1.82) is 0 Å². The number of aliphatic imine (C=N–C) groups is 1. The minimum Gasteiger partial charge on any atom is -0.481 e. The van der Waals surface area contributed by atoms with Crippen molar-refractivity contribution in [3.8, 4) is 11.1 Å². The standard InChI is InChI=1S/C40H49N7O14/c41-40(42)43-13-5-10-29(38(56)44-21-26(49)18-25(19-34(52)53)37(55)46-30(22-48)39(57)58)45-32(51)11-12-35(54)60-23-47(14-16-59-17-15-47)33-20-31(50)28-9-4-8-27(36(28)61-33)24-6-2-1-3-7-24/h1-4,6-9,20,25,29-30,48H,5,10-19,21-23H2,(H8-,41,42,43,44,45,46,51,52,53,55,56,57,58)/p+1/t25-,29-,30-/m0/s1. The van der Waals surface area contributed by atoms with Gasteiger partial charge in [-0.2, -0.15) is 0 Å². The normalized spacial score (nSPS) is 14.7. The van der Waals surface area contributed by atoms with E-state index in [0.29, 0.717) is 29.6 Å². The largest absolute Gasteiger partial charge is 0.481 e. The molecule has 0 unspecified atom stereocenters. The molecule has 1 aliphatic rings. The molecule has 0 spiro atoms. The minimum absolute atomic E-state index is 0.0141. The van der Waals surface area contributed by atoms with Gasteiger partial charge in [-0.1, -0.05) is 42.5 Å². The summed E-state index contributed by atoms with van der Waals surface area (Å²) in [5, 5.41) is 34.7. The Morgan fingerprint density at radius 2 is 1.61 bits per heavy atom. The van der Waals surface area contributed by atoms with Gasteiger partial charge in [0.2, 0.25) is 24.5 Å². The molecule has 0 saturated carbocycles. The highest BCUT2D eigenvalue weighted by Gasteiger charge is 2.38. The Balaban J connectivity index is 1.38. The summed E-state index contributed by atoms with van der Waals surface area (Å²) < 4.78 is 17.6. The number of Topliss-reactive ketones (excluding diaryl/α,β-unsaturated/α-hetero) is 1. The second-order valence-electron chi connectivity index (χ2n) is 14.3. The number of esters is 1. The summed E-state index contributed by atoms with van der Waals surface area (Å²) in [4.78, 5) is 104. The fraction of sp³-hybridized carbons (Fsp3) is 0.425. The molecule has 2 heterocycles. The zero-order chi connectivity index (χ0) is 44.5. The molecule has 1 saturated heterocycles. The maximum atomic E-state index is 13.4. The second-order valence-corrected chi connectivity index (χ2v) is 14.3. The van der Waals surface area contributed by atoms with Crippen molar-refractivity contribution in [1.82, 2.24) is 20.4 Å². The summed E-state index contributed by atoms with van der Waals surface area (Å²) >= 11 is 0. The van der Waals surface area contributed by atoms with Gasteiger partial charge in [-0.3, -0.25) is 38.6 Å². The first-order valence-corrected chi connectivity index (χ1v) is 19.3. The summed E-state index contributed by atoms with van der Waals surface area (Å²) in [5.74, 6) is -8.69. The van der Waals surface area contributed by atoms with Gasteiger partial charge in [-0.05, 0) is 24.5 Å². The van der Waals surface area contributed by atoms with Crippen LogP contribution in [0.2, 0.25) is 0 Å². The number of nitrogens with two attached hydrogens (primary N) is 2. The van der Waals surface area contributed by atoms with Crippen molar-refractivity contribution in [3.05, 3.63) is 64.8 Å². The van der Waals surface area contributed by atoms with Crippen molar-refractivity contribution in [2.24, 2.45) is 22.4 Å². The maximum Gasteiger partial charge on any atom is 0.328 e. The lowest BCUT2D eigenvalue weighted by Crippen LogP contribution is -2.58. The Bertz CT molecular complexity index is 2150. The first kappa shape index (κ1) is 47.0. The Kier molecular flexibility index (Phi) is 17.4. The lowest BCUT2D eigenvalue weighted by atomic mass is 9.97. The van der Waals surface area contributed by atoms with Gasteiger partial charge in [0.05, 0.1) is 56.6 Å². The van der Waals surface area contributed by atoms with Gasteiger partial charge >= 0.3 is 23.8 Å². The average Bonchev–Trinajstić information content (AvgIpc) is 3.24. The van der Waals surface area contributed by atoms with Gasteiger partial charge in [0, 0.05) is 24.9 Å². The number of carboxylic acids is 2. The van der Waals surface area contributed by atoms with Gasteiger partial charge in [-0.25, -0.2) is 9.28 Å². The molecule has 4 rings (SSSR count). The topological polar surface area (TPSA) is 329 Å². The minimum atomic E-state index is -1.74. The molecule has 61 heavy (non-hydrogen) atoms. The third kappa shape index (κ3) is 13.9. The van der Waals surface area contributed by atoms with Crippen molar-refractivity contribution in [3.63, 3.8) is 0 Å². The van der Waals surface area contributed by atoms with Crippen molar-refractivity contribution in [2.45, 2.75) is 50.6 Å². The van der Waals surface area contributed by atoms with Crippen LogP contribution in [-0.2, 0) is 43.0 Å². The third-order valence-corrected chi connectivity index (χ3v) is 9.77. The number of aliphatic hydroxyl groups excluding tert-OH is 1. The number of nitrogens with one attached hydrogen (secondary N) is 3. The Morgan fingerprint density at radius 3 is 2.26 bits per heavy atom. The van der Waals surface area contributed by atoms with Gasteiger partial charge in [0.25, 0.3) is 0 Å². The number of hydrogen-bond donors (Lipinski definition) is 8. The summed E-state index contributed by atoms with van der Waals surface area (Å²) in [6, 6.07) is 13.1. The Morgan fingerprint density at radius 1 is 0.885 bits per heavy atom. The number of quaternary nitrogens is 1. The van der Waals surface area contributed by atoms with Crippen LogP contribution < -0.4 is 37.3 Å². The van der Waals surface area contributed by atoms with Gasteiger partial charge in [-0.15, -0.1) is 0 Å².